The van der Waals surface area contributed by atoms with E-state index in [1.165, 1.54) is 0 Å². The van der Waals surface area contributed by atoms with Crippen molar-refractivity contribution in [2.45, 2.75) is 32.8 Å². The molecule has 1 atom stereocenters. The number of benzene rings is 1. The van der Waals surface area contributed by atoms with E-state index in [1.807, 2.05) is 37.3 Å². The van der Waals surface area contributed by atoms with Crippen molar-refractivity contribution in [1.29, 1.82) is 0 Å². The summed E-state index contributed by atoms with van der Waals surface area (Å²) in [5.41, 5.74) is 0.961. The van der Waals surface area contributed by atoms with Crippen molar-refractivity contribution in [3.63, 3.8) is 0 Å². The van der Waals surface area contributed by atoms with Gasteiger partial charge in [0.25, 0.3) is 0 Å². The molecule has 1 aromatic carbocycles. The summed E-state index contributed by atoms with van der Waals surface area (Å²) in [5.74, 6) is -0.879. The highest BCUT2D eigenvalue weighted by molar-refractivity contribution is 5.70. The van der Waals surface area contributed by atoms with Gasteiger partial charge >= 0.3 is 12.1 Å². The second-order valence-electron chi connectivity index (χ2n) is 5.72. The molecule has 0 spiro atoms. The van der Waals surface area contributed by atoms with Gasteiger partial charge in [-0.2, -0.15) is 0 Å². The summed E-state index contributed by atoms with van der Waals surface area (Å²) in [6.07, 6.45) is 1.78. The van der Waals surface area contributed by atoms with Gasteiger partial charge in [-0.05, 0) is 30.7 Å². The van der Waals surface area contributed by atoms with Gasteiger partial charge in [0.2, 0.25) is 0 Å². The van der Waals surface area contributed by atoms with Crippen LogP contribution >= 0.6 is 0 Å². The lowest BCUT2D eigenvalue weighted by atomic mass is 9.83. The number of likely N-dealkylation sites (tertiary alicyclic amines) is 1. The lowest BCUT2D eigenvalue weighted by molar-refractivity contribution is -0.144. The zero-order chi connectivity index (χ0) is 15.9. The minimum absolute atomic E-state index is 0.153. The van der Waals surface area contributed by atoms with Crippen molar-refractivity contribution in [2.75, 3.05) is 13.1 Å². The second-order valence-corrected chi connectivity index (χ2v) is 5.72. The third-order valence-corrected chi connectivity index (χ3v) is 4.33. The first-order valence-corrected chi connectivity index (χ1v) is 7.80. The summed E-state index contributed by atoms with van der Waals surface area (Å²) in [6.45, 7) is 3.32. The van der Waals surface area contributed by atoms with Crippen LogP contribution in [0.5, 0.6) is 0 Å². The number of hydrogen-bond donors (Lipinski definition) is 1. The van der Waals surface area contributed by atoms with Crippen LogP contribution in [0.2, 0.25) is 0 Å². The Labute approximate surface area is 130 Å². The van der Waals surface area contributed by atoms with E-state index in [-0.39, 0.29) is 24.5 Å². The first-order chi connectivity index (χ1) is 10.6. The fourth-order valence-electron chi connectivity index (χ4n) is 3.00. The predicted molar refractivity (Wildman–Crippen MR) is 82.3 cm³/mol. The Bertz CT molecular complexity index is 495. The van der Waals surface area contributed by atoms with Gasteiger partial charge in [0.05, 0.1) is 5.92 Å². The monoisotopic (exact) mass is 305 g/mol. The standard InChI is InChI=1S/C17H23NO4/c1-2-15(16(19)20)14-8-10-18(11-9-14)17(21)22-12-13-6-4-3-5-7-13/h3-7,14-15H,2,8-12H2,1H3,(H,19,20). The zero-order valence-electron chi connectivity index (χ0n) is 12.9. The minimum Gasteiger partial charge on any atom is -0.481 e. The van der Waals surface area contributed by atoms with Crippen LogP contribution in [0.15, 0.2) is 30.3 Å². The summed E-state index contributed by atoms with van der Waals surface area (Å²) in [5, 5.41) is 9.21. The summed E-state index contributed by atoms with van der Waals surface area (Å²) in [4.78, 5) is 24.9. The van der Waals surface area contributed by atoms with E-state index in [1.54, 1.807) is 4.90 Å². The Morgan fingerprint density at radius 3 is 2.45 bits per heavy atom. The van der Waals surface area contributed by atoms with Crippen LogP contribution in [-0.2, 0) is 16.1 Å². The molecule has 1 aromatic rings. The number of nitrogens with zero attached hydrogens (tertiary/aromatic N) is 1. The normalized spacial score (nSPS) is 17.0. The SMILES string of the molecule is CCC(C(=O)O)C1CCN(C(=O)OCc2ccccc2)CC1. The first kappa shape index (κ1) is 16.3. The van der Waals surface area contributed by atoms with Crippen molar-refractivity contribution in [3.05, 3.63) is 35.9 Å². The Morgan fingerprint density at radius 1 is 1.27 bits per heavy atom. The molecule has 5 heteroatoms. The number of ether oxygens (including phenoxy) is 1. The number of piperidine rings is 1. The maximum Gasteiger partial charge on any atom is 0.410 e. The topological polar surface area (TPSA) is 66.8 Å². The van der Waals surface area contributed by atoms with Gasteiger partial charge in [0, 0.05) is 13.1 Å². The number of carboxylic acids is 1. The molecule has 0 aliphatic carbocycles. The molecule has 120 valence electrons. The Morgan fingerprint density at radius 2 is 1.91 bits per heavy atom. The second kappa shape index (κ2) is 7.82. The van der Waals surface area contributed by atoms with E-state index in [2.05, 4.69) is 0 Å². The molecular weight excluding hydrogens is 282 g/mol. The maximum absolute atomic E-state index is 12.0. The lowest BCUT2D eigenvalue weighted by Gasteiger charge is -2.33. The number of carbonyl (C=O) groups excluding carboxylic acids is 1. The Hall–Kier alpha value is -2.04. The highest BCUT2D eigenvalue weighted by Gasteiger charge is 2.31. The molecule has 1 aliphatic heterocycles. The molecule has 1 unspecified atom stereocenters. The van der Waals surface area contributed by atoms with Crippen molar-refractivity contribution < 1.29 is 19.4 Å². The van der Waals surface area contributed by atoms with E-state index >= 15 is 0 Å². The van der Waals surface area contributed by atoms with Gasteiger partial charge < -0.3 is 14.7 Å². The summed E-state index contributed by atoms with van der Waals surface area (Å²) < 4.78 is 5.31. The van der Waals surface area contributed by atoms with Gasteiger partial charge in [-0.3, -0.25) is 4.79 Å². The van der Waals surface area contributed by atoms with Crippen molar-refractivity contribution >= 4 is 12.1 Å². The number of amides is 1. The summed E-state index contributed by atoms with van der Waals surface area (Å²) in [7, 11) is 0. The molecule has 1 saturated heterocycles. The summed E-state index contributed by atoms with van der Waals surface area (Å²) in [6, 6.07) is 9.57. The van der Waals surface area contributed by atoms with Crippen LogP contribution in [0.3, 0.4) is 0 Å². The molecule has 1 amide bonds. The van der Waals surface area contributed by atoms with E-state index in [4.69, 9.17) is 4.74 Å². The fraction of sp³-hybridized carbons (Fsp3) is 0.529. The van der Waals surface area contributed by atoms with E-state index in [0.717, 1.165) is 18.4 Å². The van der Waals surface area contributed by atoms with Crippen molar-refractivity contribution in [1.82, 2.24) is 4.90 Å². The number of aliphatic carboxylic acids is 1. The van der Waals surface area contributed by atoms with Gasteiger partial charge in [-0.15, -0.1) is 0 Å². The number of hydrogen-bond acceptors (Lipinski definition) is 3. The van der Waals surface area contributed by atoms with Crippen LogP contribution in [0.1, 0.15) is 31.7 Å². The van der Waals surface area contributed by atoms with Gasteiger partial charge in [-0.1, -0.05) is 37.3 Å². The average Bonchev–Trinajstić information content (AvgIpc) is 2.54. The van der Waals surface area contributed by atoms with E-state index in [0.29, 0.717) is 19.5 Å². The van der Waals surface area contributed by atoms with Gasteiger partial charge in [-0.25, -0.2) is 4.79 Å². The summed E-state index contributed by atoms with van der Waals surface area (Å²) >= 11 is 0. The highest BCUT2D eigenvalue weighted by Crippen LogP contribution is 2.27. The van der Waals surface area contributed by atoms with Gasteiger partial charge in [0.15, 0.2) is 0 Å². The predicted octanol–water partition coefficient (Wildman–Crippen LogP) is 3.15. The van der Waals surface area contributed by atoms with E-state index in [9.17, 15) is 14.7 Å². The average molecular weight is 305 g/mol. The van der Waals surface area contributed by atoms with E-state index < -0.39 is 5.97 Å². The third kappa shape index (κ3) is 4.23. The molecule has 22 heavy (non-hydrogen) atoms. The number of rotatable bonds is 5. The quantitative estimate of drug-likeness (QED) is 0.907. The van der Waals surface area contributed by atoms with Crippen LogP contribution in [0.4, 0.5) is 4.79 Å². The van der Waals surface area contributed by atoms with Crippen LogP contribution < -0.4 is 0 Å². The molecule has 0 saturated carbocycles. The van der Waals surface area contributed by atoms with Crippen LogP contribution in [0.25, 0.3) is 0 Å². The molecule has 0 radical (unpaired) electrons. The van der Waals surface area contributed by atoms with Gasteiger partial charge in [0.1, 0.15) is 6.61 Å². The maximum atomic E-state index is 12.0. The molecule has 1 aliphatic rings. The molecular formula is C17H23NO4. The number of carbonyl (C=O) groups is 2. The highest BCUT2D eigenvalue weighted by atomic mass is 16.6. The smallest absolute Gasteiger partial charge is 0.410 e. The first-order valence-electron chi connectivity index (χ1n) is 7.80. The molecule has 0 aromatic heterocycles. The largest absolute Gasteiger partial charge is 0.481 e. The molecule has 1 fully saturated rings. The lowest BCUT2D eigenvalue weighted by Crippen LogP contribution is -2.41. The molecule has 5 nitrogen and oxygen atoms in total. The van der Waals surface area contributed by atoms with Crippen molar-refractivity contribution in [3.8, 4) is 0 Å². The Balaban J connectivity index is 1.78. The molecule has 1 heterocycles. The van der Waals surface area contributed by atoms with Crippen molar-refractivity contribution in [2.24, 2.45) is 11.8 Å². The zero-order valence-corrected chi connectivity index (χ0v) is 12.9. The third-order valence-electron chi connectivity index (χ3n) is 4.33. The molecule has 0 bridgehead atoms. The minimum atomic E-state index is -0.729. The Kier molecular flexibility index (Phi) is 5.81. The fourth-order valence-corrected chi connectivity index (χ4v) is 3.00. The molecule has 2 rings (SSSR count). The van der Waals surface area contributed by atoms with Crippen LogP contribution in [0, 0.1) is 11.8 Å². The molecule has 1 N–H and O–H groups in total. The number of carboxylic acid groups (broad SMARTS) is 1. The van der Waals surface area contributed by atoms with Crippen LogP contribution in [-0.4, -0.2) is 35.2 Å².